The van der Waals surface area contributed by atoms with Crippen LogP contribution in [0.2, 0.25) is 0 Å². The molecule has 21 heavy (non-hydrogen) atoms. The number of carbonyl (C=O) groups is 1. The average Bonchev–Trinajstić information content (AvgIpc) is 2.44. The number of anilines is 1. The maximum atomic E-state index is 13.0. The summed E-state index contributed by atoms with van der Waals surface area (Å²) < 4.78 is 13.4. The standard InChI is InChI=1S/C15H14BrFN2O2/c16-12-8-10(17)3-6-14(12)19-15(21)13(18)7-9-1-4-11(20)5-2-9/h1-6,8,13,20H,7,18H2,(H,19,21)/t13-/m0/s1. The zero-order valence-electron chi connectivity index (χ0n) is 11.0. The van der Waals surface area contributed by atoms with Gasteiger partial charge in [0.2, 0.25) is 5.91 Å². The predicted molar refractivity (Wildman–Crippen MR) is 82.5 cm³/mol. The number of phenols is 1. The van der Waals surface area contributed by atoms with Crippen LogP contribution in [0.3, 0.4) is 0 Å². The molecule has 6 heteroatoms. The van der Waals surface area contributed by atoms with E-state index in [2.05, 4.69) is 21.2 Å². The highest BCUT2D eigenvalue weighted by atomic mass is 79.9. The fourth-order valence-electron chi connectivity index (χ4n) is 1.79. The molecule has 0 aliphatic rings. The molecule has 1 atom stereocenters. The molecule has 0 bridgehead atoms. The largest absolute Gasteiger partial charge is 0.508 e. The fraction of sp³-hybridized carbons (Fsp3) is 0.133. The molecule has 2 aromatic carbocycles. The molecule has 0 unspecified atom stereocenters. The van der Waals surface area contributed by atoms with Gasteiger partial charge in [-0.3, -0.25) is 4.79 Å². The molecule has 0 spiro atoms. The van der Waals surface area contributed by atoms with Crippen LogP contribution in [0, 0.1) is 5.82 Å². The smallest absolute Gasteiger partial charge is 0.241 e. The summed E-state index contributed by atoms with van der Waals surface area (Å²) in [6.45, 7) is 0. The highest BCUT2D eigenvalue weighted by Gasteiger charge is 2.15. The van der Waals surface area contributed by atoms with Crippen LogP contribution in [-0.4, -0.2) is 17.1 Å². The minimum Gasteiger partial charge on any atom is -0.508 e. The third kappa shape index (κ3) is 4.27. The molecule has 0 saturated heterocycles. The van der Waals surface area contributed by atoms with Gasteiger partial charge in [0.05, 0.1) is 11.7 Å². The summed E-state index contributed by atoms with van der Waals surface area (Å²) in [5.74, 6) is -0.601. The summed E-state index contributed by atoms with van der Waals surface area (Å²) in [6.07, 6.45) is 0.338. The highest BCUT2D eigenvalue weighted by molar-refractivity contribution is 9.10. The molecule has 0 saturated carbocycles. The summed E-state index contributed by atoms with van der Waals surface area (Å²) in [5, 5.41) is 11.8. The first-order chi connectivity index (χ1) is 9.95. The Bertz CT molecular complexity index is 647. The Morgan fingerprint density at radius 1 is 1.29 bits per heavy atom. The van der Waals surface area contributed by atoms with Crippen LogP contribution in [-0.2, 0) is 11.2 Å². The number of benzene rings is 2. The molecule has 2 aromatic rings. The van der Waals surface area contributed by atoms with Crippen LogP contribution in [0.15, 0.2) is 46.9 Å². The van der Waals surface area contributed by atoms with E-state index in [0.717, 1.165) is 5.56 Å². The van der Waals surface area contributed by atoms with Gasteiger partial charge in [-0.15, -0.1) is 0 Å². The Morgan fingerprint density at radius 3 is 2.57 bits per heavy atom. The van der Waals surface area contributed by atoms with Crippen LogP contribution in [0.1, 0.15) is 5.56 Å². The van der Waals surface area contributed by atoms with Crippen molar-refractivity contribution in [2.75, 3.05) is 5.32 Å². The normalized spacial score (nSPS) is 12.0. The number of rotatable bonds is 4. The molecule has 0 fully saturated rings. The minimum atomic E-state index is -0.744. The molecule has 0 aromatic heterocycles. The number of nitrogens with two attached hydrogens (primary N) is 1. The van der Waals surface area contributed by atoms with E-state index < -0.39 is 11.9 Å². The molecule has 1 amide bonds. The van der Waals surface area contributed by atoms with Crippen molar-refractivity contribution >= 4 is 27.5 Å². The minimum absolute atomic E-state index is 0.159. The number of phenolic OH excluding ortho intramolecular Hbond substituents is 1. The third-order valence-electron chi connectivity index (χ3n) is 2.92. The van der Waals surface area contributed by atoms with Gasteiger partial charge in [0.1, 0.15) is 11.6 Å². The van der Waals surface area contributed by atoms with Gasteiger partial charge in [0.25, 0.3) is 0 Å². The second-order valence-corrected chi connectivity index (χ2v) is 5.44. The van der Waals surface area contributed by atoms with E-state index in [-0.39, 0.29) is 11.7 Å². The van der Waals surface area contributed by atoms with Gasteiger partial charge < -0.3 is 16.2 Å². The number of halogens is 2. The summed E-state index contributed by atoms with van der Waals surface area (Å²) >= 11 is 3.18. The lowest BCUT2D eigenvalue weighted by Crippen LogP contribution is -2.37. The molecule has 0 aliphatic heterocycles. The van der Waals surface area contributed by atoms with Crippen molar-refractivity contribution in [1.29, 1.82) is 0 Å². The zero-order valence-corrected chi connectivity index (χ0v) is 12.6. The first-order valence-corrected chi connectivity index (χ1v) is 7.04. The number of hydrogen-bond acceptors (Lipinski definition) is 3. The number of amides is 1. The highest BCUT2D eigenvalue weighted by Crippen LogP contribution is 2.23. The van der Waals surface area contributed by atoms with Crippen molar-refractivity contribution in [3.63, 3.8) is 0 Å². The van der Waals surface area contributed by atoms with Crippen molar-refractivity contribution in [2.24, 2.45) is 5.73 Å². The van der Waals surface area contributed by atoms with E-state index in [1.807, 2.05) is 0 Å². The SMILES string of the molecule is N[C@@H](Cc1ccc(O)cc1)C(=O)Nc1ccc(F)cc1Br. The van der Waals surface area contributed by atoms with Gasteiger partial charge in [-0.25, -0.2) is 4.39 Å². The Morgan fingerprint density at radius 2 is 1.95 bits per heavy atom. The lowest BCUT2D eigenvalue weighted by Gasteiger charge is -2.13. The van der Waals surface area contributed by atoms with Crippen LogP contribution >= 0.6 is 15.9 Å². The first kappa shape index (κ1) is 15.5. The fourth-order valence-corrected chi connectivity index (χ4v) is 2.24. The lowest BCUT2D eigenvalue weighted by atomic mass is 10.1. The van der Waals surface area contributed by atoms with Crippen LogP contribution in [0.4, 0.5) is 10.1 Å². The van der Waals surface area contributed by atoms with Crippen molar-refractivity contribution in [3.8, 4) is 5.75 Å². The Hall–Kier alpha value is -1.92. The van der Waals surface area contributed by atoms with E-state index in [1.165, 1.54) is 30.3 Å². The monoisotopic (exact) mass is 352 g/mol. The van der Waals surface area contributed by atoms with Gasteiger partial charge in [0.15, 0.2) is 0 Å². The van der Waals surface area contributed by atoms with E-state index >= 15 is 0 Å². The molecular weight excluding hydrogens is 339 g/mol. The van der Waals surface area contributed by atoms with Gasteiger partial charge >= 0.3 is 0 Å². The molecule has 0 radical (unpaired) electrons. The second kappa shape index (κ2) is 6.69. The first-order valence-electron chi connectivity index (χ1n) is 6.25. The number of nitrogens with one attached hydrogen (secondary N) is 1. The number of carbonyl (C=O) groups excluding carboxylic acids is 1. The Balaban J connectivity index is 2.00. The summed E-state index contributed by atoms with van der Waals surface area (Å²) in [7, 11) is 0. The molecule has 2 rings (SSSR count). The van der Waals surface area contributed by atoms with Crippen molar-refractivity contribution in [2.45, 2.75) is 12.5 Å². The van der Waals surface area contributed by atoms with Gasteiger partial charge in [-0.2, -0.15) is 0 Å². The van der Waals surface area contributed by atoms with Crippen molar-refractivity contribution in [3.05, 3.63) is 58.3 Å². The molecule has 4 nitrogen and oxygen atoms in total. The number of hydrogen-bond donors (Lipinski definition) is 3. The van der Waals surface area contributed by atoms with Gasteiger partial charge in [-0.05, 0) is 58.2 Å². The quantitative estimate of drug-likeness (QED) is 0.791. The summed E-state index contributed by atoms with van der Waals surface area (Å²) in [6, 6.07) is 9.73. The van der Waals surface area contributed by atoms with Crippen LogP contribution in [0.25, 0.3) is 0 Å². The van der Waals surface area contributed by atoms with Gasteiger partial charge in [-0.1, -0.05) is 12.1 Å². The number of aromatic hydroxyl groups is 1. The van der Waals surface area contributed by atoms with E-state index in [4.69, 9.17) is 5.73 Å². The summed E-state index contributed by atoms with van der Waals surface area (Å²) in [4.78, 5) is 12.0. The second-order valence-electron chi connectivity index (χ2n) is 4.59. The molecular formula is C15H14BrFN2O2. The topological polar surface area (TPSA) is 75.3 Å². The average molecular weight is 353 g/mol. The van der Waals surface area contributed by atoms with Crippen LogP contribution in [0.5, 0.6) is 5.75 Å². The van der Waals surface area contributed by atoms with E-state index in [0.29, 0.717) is 16.6 Å². The Labute approximate surface area is 129 Å². The van der Waals surface area contributed by atoms with Gasteiger partial charge in [0, 0.05) is 4.47 Å². The molecule has 4 N–H and O–H groups in total. The maximum Gasteiger partial charge on any atom is 0.241 e. The molecule has 0 aliphatic carbocycles. The van der Waals surface area contributed by atoms with E-state index in [1.54, 1.807) is 12.1 Å². The third-order valence-corrected chi connectivity index (χ3v) is 3.57. The van der Waals surface area contributed by atoms with E-state index in [9.17, 15) is 14.3 Å². The van der Waals surface area contributed by atoms with Crippen LogP contribution < -0.4 is 11.1 Å². The molecule has 0 heterocycles. The predicted octanol–water partition coefficient (Wildman–Crippen LogP) is 2.80. The zero-order chi connectivity index (χ0) is 15.4. The summed E-state index contributed by atoms with van der Waals surface area (Å²) in [5.41, 5.74) is 7.15. The maximum absolute atomic E-state index is 13.0. The molecule has 110 valence electrons. The van der Waals surface area contributed by atoms with Crippen molar-refractivity contribution < 1.29 is 14.3 Å². The lowest BCUT2D eigenvalue weighted by molar-refractivity contribution is -0.117. The van der Waals surface area contributed by atoms with Crippen molar-refractivity contribution in [1.82, 2.24) is 0 Å². The Kier molecular flexibility index (Phi) is 4.93.